The Kier molecular flexibility index (Phi) is 5.48. The van der Waals surface area contributed by atoms with E-state index in [9.17, 15) is 0 Å². The van der Waals surface area contributed by atoms with Gasteiger partial charge in [0.1, 0.15) is 0 Å². The van der Waals surface area contributed by atoms with E-state index in [1.165, 1.54) is 37.8 Å². The van der Waals surface area contributed by atoms with Crippen molar-refractivity contribution in [1.29, 1.82) is 0 Å². The molecule has 0 atom stereocenters. The van der Waals surface area contributed by atoms with E-state index in [4.69, 9.17) is 0 Å². The number of unbranched alkanes of at least 4 members (excludes halogenated alkanes) is 4. The molecule has 102 valence electrons. The van der Waals surface area contributed by atoms with Crippen LogP contribution >= 0.6 is 0 Å². The van der Waals surface area contributed by atoms with Gasteiger partial charge < -0.3 is 9.88 Å². The van der Waals surface area contributed by atoms with Gasteiger partial charge in [0.25, 0.3) is 0 Å². The molecule has 3 heteroatoms. The standard InChI is InChI=1S/C16H23N3/c1-2-3-4-5-8-11-18-15-9-6-7-10-16(15)19-13-12-17-14-19/h6-7,9-10,12-14,18H,2-5,8,11H2,1H3. The van der Waals surface area contributed by atoms with E-state index < -0.39 is 0 Å². The molecule has 3 nitrogen and oxygen atoms in total. The second-order valence-corrected chi connectivity index (χ2v) is 4.83. The number of nitrogens with one attached hydrogen (secondary N) is 1. The molecule has 0 aliphatic carbocycles. The van der Waals surface area contributed by atoms with Crippen molar-refractivity contribution >= 4 is 5.69 Å². The van der Waals surface area contributed by atoms with Gasteiger partial charge in [0.2, 0.25) is 0 Å². The number of anilines is 1. The fourth-order valence-electron chi connectivity index (χ4n) is 2.20. The highest BCUT2D eigenvalue weighted by atomic mass is 15.0. The first-order chi connectivity index (χ1) is 9.42. The molecule has 0 bridgehead atoms. The molecule has 0 saturated carbocycles. The SMILES string of the molecule is CCCCCCCNc1ccccc1-n1ccnc1. The van der Waals surface area contributed by atoms with Gasteiger partial charge in [0.05, 0.1) is 17.7 Å². The van der Waals surface area contributed by atoms with Crippen LogP contribution in [0.2, 0.25) is 0 Å². The molecule has 0 fully saturated rings. The number of imidazole rings is 1. The minimum Gasteiger partial charge on any atom is -0.383 e. The molecule has 0 radical (unpaired) electrons. The zero-order valence-corrected chi connectivity index (χ0v) is 11.7. The van der Waals surface area contributed by atoms with Crippen LogP contribution in [0.1, 0.15) is 39.0 Å². The van der Waals surface area contributed by atoms with Gasteiger partial charge in [-0.1, -0.05) is 44.7 Å². The molecule has 19 heavy (non-hydrogen) atoms. The number of para-hydroxylation sites is 2. The number of nitrogens with zero attached hydrogens (tertiary/aromatic N) is 2. The van der Waals surface area contributed by atoms with E-state index in [1.807, 2.05) is 23.3 Å². The summed E-state index contributed by atoms with van der Waals surface area (Å²) in [7, 11) is 0. The minimum absolute atomic E-state index is 1.04. The maximum Gasteiger partial charge on any atom is 0.0992 e. The van der Waals surface area contributed by atoms with Gasteiger partial charge in [-0.05, 0) is 18.6 Å². The van der Waals surface area contributed by atoms with Gasteiger partial charge in [-0.3, -0.25) is 0 Å². The molecule has 0 spiro atoms. The summed E-state index contributed by atoms with van der Waals surface area (Å²) in [6.07, 6.45) is 12.2. The van der Waals surface area contributed by atoms with Crippen LogP contribution in [0.15, 0.2) is 43.0 Å². The lowest BCUT2D eigenvalue weighted by Gasteiger charge is -2.12. The van der Waals surface area contributed by atoms with Crippen LogP contribution in [0.5, 0.6) is 0 Å². The zero-order chi connectivity index (χ0) is 13.3. The minimum atomic E-state index is 1.04. The summed E-state index contributed by atoms with van der Waals surface area (Å²) in [5.41, 5.74) is 2.34. The van der Waals surface area contributed by atoms with Crippen molar-refractivity contribution in [2.45, 2.75) is 39.0 Å². The van der Waals surface area contributed by atoms with E-state index >= 15 is 0 Å². The molecule has 2 rings (SSSR count). The van der Waals surface area contributed by atoms with Crippen molar-refractivity contribution < 1.29 is 0 Å². The fourth-order valence-corrected chi connectivity index (χ4v) is 2.20. The van der Waals surface area contributed by atoms with Crippen LogP contribution in [-0.4, -0.2) is 16.1 Å². The number of hydrogen-bond donors (Lipinski definition) is 1. The van der Waals surface area contributed by atoms with Crippen molar-refractivity contribution in [3.05, 3.63) is 43.0 Å². The van der Waals surface area contributed by atoms with Gasteiger partial charge >= 0.3 is 0 Å². The molecule has 1 aromatic heterocycles. The lowest BCUT2D eigenvalue weighted by molar-refractivity contribution is 0.645. The average Bonchev–Trinajstić information content (AvgIpc) is 2.97. The molecule has 0 amide bonds. The van der Waals surface area contributed by atoms with Gasteiger partial charge in [-0.25, -0.2) is 4.98 Å². The summed E-state index contributed by atoms with van der Waals surface area (Å²) < 4.78 is 2.04. The molecule has 0 aliphatic heterocycles. The van der Waals surface area contributed by atoms with E-state index in [2.05, 4.69) is 41.5 Å². The molecule has 1 heterocycles. The second kappa shape index (κ2) is 7.62. The first kappa shape index (κ1) is 13.7. The van der Waals surface area contributed by atoms with Crippen molar-refractivity contribution in [2.75, 3.05) is 11.9 Å². The topological polar surface area (TPSA) is 29.9 Å². The van der Waals surface area contributed by atoms with Crippen molar-refractivity contribution in [1.82, 2.24) is 9.55 Å². The lowest BCUT2D eigenvalue weighted by atomic mass is 10.1. The van der Waals surface area contributed by atoms with Crippen LogP contribution < -0.4 is 5.32 Å². The molecule has 0 aliphatic rings. The van der Waals surface area contributed by atoms with Gasteiger partial charge in [-0.2, -0.15) is 0 Å². The maximum atomic E-state index is 4.11. The monoisotopic (exact) mass is 257 g/mol. The predicted molar refractivity (Wildman–Crippen MR) is 80.8 cm³/mol. The Bertz CT molecular complexity index is 463. The van der Waals surface area contributed by atoms with E-state index in [1.54, 1.807) is 0 Å². The average molecular weight is 257 g/mol. The Labute approximate surface area is 115 Å². The second-order valence-electron chi connectivity index (χ2n) is 4.83. The first-order valence-corrected chi connectivity index (χ1v) is 7.23. The quantitative estimate of drug-likeness (QED) is 0.716. The number of rotatable bonds is 8. The van der Waals surface area contributed by atoms with Gasteiger partial charge in [-0.15, -0.1) is 0 Å². The third kappa shape index (κ3) is 4.12. The first-order valence-electron chi connectivity index (χ1n) is 7.23. The Morgan fingerprint density at radius 2 is 1.95 bits per heavy atom. The summed E-state index contributed by atoms with van der Waals surface area (Å²) in [6, 6.07) is 8.37. The van der Waals surface area contributed by atoms with Crippen molar-refractivity contribution in [2.24, 2.45) is 0 Å². The smallest absolute Gasteiger partial charge is 0.0992 e. The van der Waals surface area contributed by atoms with Crippen LogP contribution in [0.4, 0.5) is 5.69 Å². The van der Waals surface area contributed by atoms with Crippen LogP contribution in [0.3, 0.4) is 0 Å². The van der Waals surface area contributed by atoms with Crippen molar-refractivity contribution in [3.8, 4) is 5.69 Å². The molecular weight excluding hydrogens is 234 g/mol. The molecule has 0 unspecified atom stereocenters. The highest BCUT2D eigenvalue weighted by Gasteiger charge is 2.02. The molecule has 0 saturated heterocycles. The van der Waals surface area contributed by atoms with E-state index in [0.29, 0.717) is 0 Å². The van der Waals surface area contributed by atoms with Crippen molar-refractivity contribution in [3.63, 3.8) is 0 Å². The van der Waals surface area contributed by atoms with Gasteiger partial charge in [0, 0.05) is 18.9 Å². The number of aromatic nitrogens is 2. The van der Waals surface area contributed by atoms with E-state index in [-0.39, 0.29) is 0 Å². The maximum absolute atomic E-state index is 4.11. The van der Waals surface area contributed by atoms with Crippen LogP contribution in [0, 0.1) is 0 Å². The zero-order valence-electron chi connectivity index (χ0n) is 11.7. The third-order valence-corrected chi connectivity index (χ3v) is 3.28. The molecule has 1 aromatic carbocycles. The summed E-state index contributed by atoms with van der Waals surface area (Å²) in [4.78, 5) is 4.11. The Balaban J connectivity index is 1.87. The summed E-state index contributed by atoms with van der Waals surface area (Å²) in [6.45, 7) is 3.29. The molecular formula is C16H23N3. The normalized spacial score (nSPS) is 10.6. The molecule has 2 aromatic rings. The summed E-state index contributed by atoms with van der Waals surface area (Å²) in [5, 5.41) is 3.53. The Morgan fingerprint density at radius 3 is 2.74 bits per heavy atom. The Hall–Kier alpha value is -1.77. The summed E-state index contributed by atoms with van der Waals surface area (Å²) in [5.74, 6) is 0. The van der Waals surface area contributed by atoms with E-state index in [0.717, 1.165) is 12.2 Å². The predicted octanol–water partition coefficient (Wildman–Crippen LogP) is 4.25. The highest BCUT2D eigenvalue weighted by molar-refractivity contribution is 5.60. The lowest BCUT2D eigenvalue weighted by Crippen LogP contribution is -2.05. The fraction of sp³-hybridized carbons (Fsp3) is 0.438. The third-order valence-electron chi connectivity index (χ3n) is 3.28. The molecule has 1 N–H and O–H groups in total. The largest absolute Gasteiger partial charge is 0.383 e. The number of hydrogen-bond acceptors (Lipinski definition) is 2. The highest BCUT2D eigenvalue weighted by Crippen LogP contribution is 2.19. The van der Waals surface area contributed by atoms with Crippen LogP contribution in [0.25, 0.3) is 5.69 Å². The summed E-state index contributed by atoms with van der Waals surface area (Å²) >= 11 is 0. The Morgan fingerprint density at radius 1 is 1.11 bits per heavy atom. The van der Waals surface area contributed by atoms with Crippen LogP contribution in [-0.2, 0) is 0 Å². The van der Waals surface area contributed by atoms with Gasteiger partial charge in [0.15, 0.2) is 0 Å². The number of benzene rings is 1.